The molecule has 2 aromatic carbocycles. The molecule has 2 aromatic heterocycles. The predicted molar refractivity (Wildman–Crippen MR) is 147 cm³/mol. The molecule has 5 rings (SSSR count). The van der Waals surface area contributed by atoms with Crippen molar-refractivity contribution < 1.29 is 17.9 Å². The number of halogens is 1. The SMILES string of the molecule is CN(CC1CCCO1)S(=O)(=O)c1ccc(C(=O)N(Cc2ccccn2)c2nc3ccc(Br)cc3s2)cc1. The highest BCUT2D eigenvalue weighted by atomic mass is 79.9. The molecule has 0 saturated carbocycles. The molecule has 0 N–H and O–H groups in total. The standard InChI is InChI=1S/C26H25BrN4O4S2/c1-30(17-21-6-4-14-35-21)37(33,34)22-10-7-18(8-11-22)25(32)31(16-20-5-2-3-13-28-20)26-29-23-12-9-19(27)15-24(23)36-26/h2-3,5,7-13,15,21H,4,6,14,16-17H2,1H3. The molecule has 1 saturated heterocycles. The third-order valence-corrected chi connectivity index (χ3v) is 9.53. The molecule has 0 radical (unpaired) electrons. The zero-order valence-electron chi connectivity index (χ0n) is 20.1. The molecule has 1 unspecified atom stereocenters. The first-order chi connectivity index (χ1) is 17.8. The lowest BCUT2D eigenvalue weighted by Crippen LogP contribution is -2.34. The maximum Gasteiger partial charge on any atom is 0.260 e. The van der Waals surface area contributed by atoms with Gasteiger partial charge in [0.15, 0.2) is 5.13 Å². The van der Waals surface area contributed by atoms with Crippen LogP contribution in [-0.4, -0.2) is 54.9 Å². The molecule has 4 aromatic rings. The molecular weight excluding hydrogens is 576 g/mol. The number of anilines is 1. The Kier molecular flexibility index (Phi) is 7.68. The number of fused-ring (bicyclic) bond motifs is 1. The van der Waals surface area contributed by atoms with Gasteiger partial charge < -0.3 is 4.74 Å². The first-order valence-electron chi connectivity index (χ1n) is 11.8. The van der Waals surface area contributed by atoms with Crippen LogP contribution in [0.15, 0.2) is 76.2 Å². The lowest BCUT2D eigenvalue weighted by molar-refractivity contribution is 0.0978. The lowest BCUT2D eigenvalue weighted by Gasteiger charge is -2.21. The Hall–Kier alpha value is -2.70. The Morgan fingerprint density at radius 1 is 1.16 bits per heavy atom. The third-order valence-electron chi connectivity index (χ3n) is 6.16. The summed E-state index contributed by atoms with van der Waals surface area (Å²) in [5.74, 6) is -0.291. The first-order valence-corrected chi connectivity index (χ1v) is 14.8. The molecule has 1 aliphatic rings. The van der Waals surface area contributed by atoms with Gasteiger partial charge in [-0.25, -0.2) is 13.4 Å². The third kappa shape index (κ3) is 5.75. The number of benzene rings is 2. The maximum atomic E-state index is 13.7. The van der Waals surface area contributed by atoms with E-state index in [0.717, 1.165) is 27.5 Å². The Balaban J connectivity index is 1.42. The van der Waals surface area contributed by atoms with Gasteiger partial charge >= 0.3 is 0 Å². The smallest absolute Gasteiger partial charge is 0.260 e. The number of hydrogen-bond acceptors (Lipinski definition) is 7. The average Bonchev–Trinajstić information content (AvgIpc) is 3.57. The van der Waals surface area contributed by atoms with Crippen molar-refractivity contribution in [2.24, 2.45) is 0 Å². The summed E-state index contributed by atoms with van der Waals surface area (Å²) < 4.78 is 34.9. The number of rotatable bonds is 8. The van der Waals surface area contributed by atoms with Crippen LogP contribution in [0, 0.1) is 0 Å². The van der Waals surface area contributed by atoms with Crippen molar-refractivity contribution in [2.45, 2.75) is 30.4 Å². The predicted octanol–water partition coefficient (Wildman–Crippen LogP) is 5.10. The number of amides is 1. The highest BCUT2D eigenvalue weighted by molar-refractivity contribution is 9.10. The molecular formula is C26H25BrN4O4S2. The van der Waals surface area contributed by atoms with Crippen molar-refractivity contribution in [2.75, 3.05) is 25.1 Å². The molecule has 192 valence electrons. The van der Waals surface area contributed by atoms with Crippen LogP contribution in [0.4, 0.5) is 5.13 Å². The van der Waals surface area contributed by atoms with Gasteiger partial charge in [-0.3, -0.25) is 14.7 Å². The van der Waals surface area contributed by atoms with Gasteiger partial charge in [-0.15, -0.1) is 0 Å². The van der Waals surface area contributed by atoms with E-state index in [2.05, 4.69) is 25.9 Å². The number of carbonyl (C=O) groups is 1. The van der Waals surface area contributed by atoms with Gasteiger partial charge in [-0.2, -0.15) is 4.31 Å². The van der Waals surface area contributed by atoms with Gasteiger partial charge in [0.05, 0.1) is 33.5 Å². The first kappa shape index (κ1) is 25.9. The highest BCUT2D eigenvalue weighted by Crippen LogP contribution is 2.32. The van der Waals surface area contributed by atoms with Gasteiger partial charge in [-0.1, -0.05) is 33.3 Å². The minimum absolute atomic E-state index is 0.0878. The molecule has 1 aliphatic heterocycles. The van der Waals surface area contributed by atoms with Crippen LogP contribution in [0.5, 0.6) is 0 Å². The molecule has 0 spiro atoms. The van der Waals surface area contributed by atoms with E-state index >= 15 is 0 Å². The van der Waals surface area contributed by atoms with Gasteiger partial charge in [0, 0.05) is 36.4 Å². The second-order valence-corrected chi connectivity index (χ2v) is 12.7. The Morgan fingerprint density at radius 2 is 1.97 bits per heavy atom. The van der Waals surface area contributed by atoms with Gasteiger partial charge in [0.1, 0.15) is 0 Å². The number of hydrogen-bond donors (Lipinski definition) is 0. The van der Waals surface area contributed by atoms with Crippen molar-refractivity contribution in [3.63, 3.8) is 0 Å². The van der Waals surface area contributed by atoms with E-state index in [1.54, 1.807) is 30.3 Å². The largest absolute Gasteiger partial charge is 0.377 e. The van der Waals surface area contributed by atoms with E-state index in [0.29, 0.717) is 29.5 Å². The lowest BCUT2D eigenvalue weighted by atomic mass is 10.2. The molecule has 0 aliphatic carbocycles. The van der Waals surface area contributed by atoms with Gasteiger partial charge in [0.2, 0.25) is 10.0 Å². The molecule has 8 nitrogen and oxygen atoms in total. The number of carbonyl (C=O) groups excluding carboxylic acids is 1. The van der Waals surface area contributed by atoms with Crippen LogP contribution in [0.2, 0.25) is 0 Å². The summed E-state index contributed by atoms with van der Waals surface area (Å²) in [5.41, 5.74) is 1.86. The number of sulfonamides is 1. The second kappa shape index (κ2) is 11.0. The number of likely N-dealkylation sites (N-methyl/N-ethyl adjacent to an activating group) is 1. The van der Waals surface area contributed by atoms with E-state index in [1.807, 2.05) is 36.4 Å². The van der Waals surface area contributed by atoms with Crippen LogP contribution in [0.1, 0.15) is 28.9 Å². The zero-order chi connectivity index (χ0) is 26.0. The molecule has 0 bridgehead atoms. The molecule has 1 amide bonds. The van der Waals surface area contributed by atoms with Gasteiger partial charge in [0.25, 0.3) is 5.91 Å². The van der Waals surface area contributed by atoms with E-state index in [9.17, 15) is 13.2 Å². The van der Waals surface area contributed by atoms with Crippen LogP contribution in [0.25, 0.3) is 10.2 Å². The monoisotopic (exact) mass is 600 g/mol. The zero-order valence-corrected chi connectivity index (χ0v) is 23.3. The van der Waals surface area contributed by atoms with Crippen LogP contribution in [-0.2, 0) is 21.3 Å². The van der Waals surface area contributed by atoms with E-state index < -0.39 is 10.0 Å². The molecule has 37 heavy (non-hydrogen) atoms. The van der Waals surface area contributed by atoms with Crippen molar-refractivity contribution in [1.29, 1.82) is 0 Å². The summed E-state index contributed by atoms with van der Waals surface area (Å²) in [4.78, 5) is 24.5. The van der Waals surface area contributed by atoms with Gasteiger partial charge in [-0.05, 0) is 67.4 Å². The fourth-order valence-electron chi connectivity index (χ4n) is 4.16. The summed E-state index contributed by atoms with van der Waals surface area (Å²) in [6, 6.07) is 17.4. The summed E-state index contributed by atoms with van der Waals surface area (Å²) in [5, 5.41) is 0.539. The number of pyridine rings is 1. The fourth-order valence-corrected chi connectivity index (χ4v) is 6.88. The summed E-state index contributed by atoms with van der Waals surface area (Å²) >= 11 is 4.89. The molecule has 11 heteroatoms. The van der Waals surface area contributed by atoms with E-state index in [4.69, 9.17) is 4.74 Å². The fraction of sp³-hybridized carbons (Fsp3) is 0.269. The maximum absolute atomic E-state index is 13.7. The topological polar surface area (TPSA) is 92.7 Å². The highest BCUT2D eigenvalue weighted by Gasteiger charge is 2.27. The minimum atomic E-state index is -3.71. The van der Waals surface area contributed by atoms with Crippen LogP contribution < -0.4 is 4.90 Å². The Bertz CT molecular complexity index is 1500. The Morgan fingerprint density at radius 3 is 2.68 bits per heavy atom. The summed E-state index contributed by atoms with van der Waals surface area (Å²) in [7, 11) is -2.16. The van der Waals surface area contributed by atoms with Crippen molar-refractivity contribution in [3.05, 3.63) is 82.6 Å². The van der Waals surface area contributed by atoms with Crippen molar-refractivity contribution in [1.82, 2.24) is 14.3 Å². The number of aromatic nitrogens is 2. The van der Waals surface area contributed by atoms with Crippen LogP contribution >= 0.6 is 27.3 Å². The average molecular weight is 602 g/mol. The second-order valence-electron chi connectivity index (χ2n) is 8.77. The summed E-state index contributed by atoms with van der Waals surface area (Å²) in [6.45, 7) is 1.19. The summed E-state index contributed by atoms with van der Waals surface area (Å²) in [6.07, 6.45) is 3.38. The number of thiazole rings is 1. The minimum Gasteiger partial charge on any atom is -0.377 e. The molecule has 3 heterocycles. The van der Waals surface area contributed by atoms with Crippen molar-refractivity contribution >= 4 is 58.5 Å². The van der Waals surface area contributed by atoms with Crippen molar-refractivity contribution in [3.8, 4) is 0 Å². The van der Waals surface area contributed by atoms with Crippen LogP contribution in [0.3, 0.4) is 0 Å². The van der Waals surface area contributed by atoms with E-state index in [1.165, 1.54) is 27.8 Å². The number of nitrogens with zero attached hydrogens (tertiary/aromatic N) is 4. The quantitative estimate of drug-likeness (QED) is 0.279. The normalized spacial score (nSPS) is 15.9. The molecule has 1 fully saturated rings. The molecule has 1 atom stereocenters. The Labute approximate surface area is 228 Å². The van der Waals surface area contributed by atoms with E-state index in [-0.39, 0.29) is 23.5 Å². The number of ether oxygens (including phenoxy) is 1.